The SMILES string of the molecule is CC(NCc1ccn(C)n1)/C(N)=N/O. The van der Waals surface area contributed by atoms with Crippen LogP contribution in [-0.2, 0) is 13.6 Å². The van der Waals surface area contributed by atoms with Gasteiger partial charge >= 0.3 is 0 Å². The summed E-state index contributed by atoms with van der Waals surface area (Å²) in [6.45, 7) is 2.41. The van der Waals surface area contributed by atoms with Gasteiger partial charge < -0.3 is 16.3 Å². The molecule has 0 amide bonds. The van der Waals surface area contributed by atoms with Crippen molar-refractivity contribution in [2.24, 2.45) is 17.9 Å². The number of amidine groups is 1. The molecule has 78 valence electrons. The minimum absolute atomic E-state index is 0.165. The lowest BCUT2D eigenvalue weighted by atomic mass is 10.3. The Labute approximate surface area is 82.4 Å². The summed E-state index contributed by atoms with van der Waals surface area (Å²) < 4.78 is 1.73. The Morgan fingerprint density at radius 1 is 1.86 bits per heavy atom. The van der Waals surface area contributed by atoms with Crippen LogP contribution >= 0.6 is 0 Å². The molecule has 0 fully saturated rings. The van der Waals surface area contributed by atoms with E-state index in [1.165, 1.54) is 0 Å². The molecule has 0 saturated heterocycles. The minimum atomic E-state index is -0.165. The normalized spacial score (nSPS) is 14.3. The number of hydrogen-bond acceptors (Lipinski definition) is 4. The molecule has 0 bridgehead atoms. The van der Waals surface area contributed by atoms with Gasteiger partial charge in [0.05, 0.1) is 11.7 Å². The van der Waals surface area contributed by atoms with Gasteiger partial charge in [-0.25, -0.2) is 0 Å². The van der Waals surface area contributed by atoms with E-state index in [4.69, 9.17) is 10.9 Å². The maximum Gasteiger partial charge on any atom is 0.156 e. The summed E-state index contributed by atoms with van der Waals surface area (Å²) in [5.74, 6) is 0.168. The molecular formula is C8H15N5O. The van der Waals surface area contributed by atoms with Crippen molar-refractivity contribution in [2.75, 3.05) is 0 Å². The van der Waals surface area contributed by atoms with Crippen LogP contribution in [0.25, 0.3) is 0 Å². The molecule has 6 nitrogen and oxygen atoms in total. The Balaban J connectivity index is 2.41. The van der Waals surface area contributed by atoms with Gasteiger partial charge in [-0.1, -0.05) is 5.16 Å². The summed E-state index contributed by atoms with van der Waals surface area (Å²) >= 11 is 0. The van der Waals surface area contributed by atoms with Gasteiger partial charge in [0.1, 0.15) is 0 Å². The molecular weight excluding hydrogens is 182 g/mol. The highest BCUT2D eigenvalue weighted by Crippen LogP contribution is 1.94. The van der Waals surface area contributed by atoms with E-state index in [1.54, 1.807) is 4.68 Å². The second-order valence-corrected chi connectivity index (χ2v) is 3.11. The summed E-state index contributed by atoms with van der Waals surface area (Å²) in [5.41, 5.74) is 6.32. The van der Waals surface area contributed by atoms with Gasteiger partial charge in [0.15, 0.2) is 5.84 Å². The molecule has 6 heteroatoms. The molecule has 14 heavy (non-hydrogen) atoms. The van der Waals surface area contributed by atoms with Gasteiger partial charge in [-0.15, -0.1) is 0 Å². The van der Waals surface area contributed by atoms with Crippen LogP contribution in [-0.4, -0.2) is 26.9 Å². The Morgan fingerprint density at radius 3 is 3.07 bits per heavy atom. The first-order chi connectivity index (χ1) is 6.63. The predicted octanol–water partition coefficient (Wildman–Crippen LogP) is -0.355. The largest absolute Gasteiger partial charge is 0.409 e. The molecule has 0 aliphatic carbocycles. The highest BCUT2D eigenvalue weighted by molar-refractivity contribution is 5.84. The van der Waals surface area contributed by atoms with Crippen molar-refractivity contribution in [2.45, 2.75) is 19.5 Å². The van der Waals surface area contributed by atoms with E-state index < -0.39 is 0 Å². The van der Waals surface area contributed by atoms with Crippen molar-refractivity contribution in [3.8, 4) is 0 Å². The second-order valence-electron chi connectivity index (χ2n) is 3.11. The van der Waals surface area contributed by atoms with E-state index in [1.807, 2.05) is 26.2 Å². The molecule has 0 aliphatic heterocycles. The van der Waals surface area contributed by atoms with E-state index in [2.05, 4.69) is 15.6 Å². The fourth-order valence-corrected chi connectivity index (χ4v) is 1.01. The fraction of sp³-hybridized carbons (Fsp3) is 0.500. The maximum absolute atomic E-state index is 8.41. The number of aromatic nitrogens is 2. The van der Waals surface area contributed by atoms with Gasteiger partial charge in [0, 0.05) is 19.8 Å². The Hall–Kier alpha value is -1.56. The second kappa shape index (κ2) is 4.61. The minimum Gasteiger partial charge on any atom is -0.409 e. The smallest absolute Gasteiger partial charge is 0.156 e. The lowest BCUT2D eigenvalue weighted by Crippen LogP contribution is -2.38. The quantitative estimate of drug-likeness (QED) is 0.266. The third-order valence-electron chi connectivity index (χ3n) is 1.92. The lowest BCUT2D eigenvalue weighted by Gasteiger charge is -2.10. The Bertz CT molecular complexity index is 319. The van der Waals surface area contributed by atoms with Crippen LogP contribution in [0.1, 0.15) is 12.6 Å². The van der Waals surface area contributed by atoms with Gasteiger partial charge in [-0.2, -0.15) is 5.10 Å². The third kappa shape index (κ3) is 2.74. The summed E-state index contributed by atoms with van der Waals surface area (Å²) in [4.78, 5) is 0. The molecule has 1 unspecified atom stereocenters. The molecule has 1 rings (SSSR count). The van der Waals surface area contributed by atoms with Crippen LogP contribution in [0, 0.1) is 0 Å². The lowest BCUT2D eigenvalue weighted by molar-refractivity contribution is 0.315. The van der Waals surface area contributed by atoms with Crippen LogP contribution in [0.3, 0.4) is 0 Å². The van der Waals surface area contributed by atoms with Crippen LogP contribution in [0.15, 0.2) is 17.4 Å². The highest BCUT2D eigenvalue weighted by Gasteiger charge is 2.06. The summed E-state index contributed by atoms with van der Waals surface area (Å²) in [7, 11) is 1.86. The average molecular weight is 197 g/mol. The average Bonchev–Trinajstić information content (AvgIpc) is 2.59. The zero-order valence-corrected chi connectivity index (χ0v) is 8.31. The molecule has 1 atom stereocenters. The van der Waals surface area contributed by atoms with Crippen LogP contribution in [0.2, 0.25) is 0 Å². The first-order valence-corrected chi connectivity index (χ1v) is 4.33. The van der Waals surface area contributed by atoms with E-state index in [0.717, 1.165) is 5.69 Å². The molecule has 0 aliphatic rings. The molecule has 4 N–H and O–H groups in total. The molecule has 0 saturated carbocycles. The van der Waals surface area contributed by atoms with Crippen molar-refractivity contribution < 1.29 is 5.21 Å². The Kier molecular flexibility index (Phi) is 3.47. The van der Waals surface area contributed by atoms with Crippen LogP contribution in [0.5, 0.6) is 0 Å². The van der Waals surface area contributed by atoms with E-state index in [-0.39, 0.29) is 11.9 Å². The topological polar surface area (TPSA) is 88.5 Å². The van der Waals surface area contributed by atoms with Gasteiger partial charge in [0.2, 0.25) is 0 Å². The fourth-order valence-electron chi connectivity index (χ4n) is 1.01. The number of oxime groups is 1. The number of rotatable bonds is 4. The number of hydrogen-bond donors (Lipinski definition) is 3. The zero-order chi connectivity index (χ0) is 10.6. The zero-order valence-electron chi connectivity index (χ0n) is 8.31. The summed E-state index contributed by atoms with van der Waals surface area (Å²) in [6.07, 6.45) is 1.87. The summed E-state index contributed by atoms with van der Waals surface area (Å²) in [5, 5.41) is 18.6. The number of nitrogens with one attached hydrogen (secondary N) is 1. The van der Waals surface area contributed by atoms with E-state index in [0.29, 0.717) is 6.54 Å². The molecule has 0 aromatic carbocycles. The van der Waals surface area contributed by atoms with Crippen LogP contribution in [0.4, 0.5) is 0 Å². The van der Waals surface area contributed by atoms with Crippen molar-refractivity contribution in [1.29, 1.82) is 0 Å². The van der Waals surface area contributed by atoms with Crippen molar-refractivity contribution in [1.82, 2.24) is 15.1 Å². The first kappa shape index (κ1) is 10.5. The number of nitrogens with two attached hydrogens (primary N) is 1. The summed E-state index contributed by atoms with van der Waals surface area (Å²) in [6, 6.07) is 1.74. The van der Waals surface area contributed by atoms with Gasteiger partial charge in [0.25, 0.3) is 0 Å². The van der Waals surface area contributed by atoms with E-state index in [9.17, 15) is 0 Å². The maximum atomic E-state index is 8.41. The third-order valence-corrected chi connectivity index (χ3v) is 1.92. The monoisotopic (exact) mass is 197 g/mol. The molecule has 1 aromatic heterocycles. The van der Waals surface area contributed by atoms with Crippen molar-refractivity contribution in [3.63, 3.8) is 0 Å². The predicted molar refractivity (Wildman–Crippen MR) is 52.9 cm³/mol. The molecule has 0 spiro atoms. The highest BCUT2D eigenvalue weighted by atomic mass is 16.4. The number of aryl methyl sites for hydroxylation is 1. The first-order valence-electron chi connectivity index (χ1n) is 4.33. The van der Waals surface area contributed by atoms with Crippen molar-refractivity contribution >= 4 is 5.84 Å². The molecule has 1 heterocycles. The molecule has 1 aromatic rings. The molecule has 0 radical (unpaired) electrons. The van der Waals surface area contributed by atoms with Crippen molar-refractivity contribution in [3.05, 3.63) is 18.0 Å². The van der Waals surface area contributed by atoms with Crippen LogP contribution < -0.4 is 11.1 Å². The van der Waals surface area contributed by atoms with E-state index >= 15 is 0 Å². The Morgan fingerprint density at radius 2 is 2.57 bits per heavy atom. The standard InChI is InChI=1S/C8H15N5O/c1-6(8(9)12-14)10-5-7-3-4-13(2)11-7/h3-4,6,10,14H,5H2,1-2H3,(H2,9,12). The van der Waals surface area contributed by atoms with Gasteiger partial charge in [-0.05, 0) is 13.0 Å². The van der Waals surface area contributed by atoms with Gasteiger partial charge in [-0.3, -0.25) is 4.68 Å². The number of nitrogens with zero attached hydrogens (tertiary/aromatic N) is 3.